The molecule has 1 aliphatic rings. The molecule has 8 heteroatoms. The number of aliphatic carboxylic acids is 1. The number of ether oxygens (including phenoxy) is 1. The molecule has 0 bridgehead atoms. The van der Waals surface area contributed by atoms with Gasteiger partial charge in [0.15, 0.2) is 0 Å². The fourth-order valence-electron chi connectivity index (χ4n) is 5.20. The van der Waals surface area contributed by atoms with E-state index < -0.39 is 12.1 Å². The average molecular weight is 510 g/mol. The molecular formula is C28H35N3O4S. The van der Waals surface area contributed by atoms with E-state index in [1.54, 1.807) is 19.5 Å². The van der Waals surface area contributed by atoms with Gasteiger partial charge in [0.25, 0.3) is 0 Å². The van der Waals surface area contributed by atoms with E-state index in [2.05, 4.69) is 20.9 Å². The van der Waals surface area contributed by atoms with E-state index in [4.69, 9.17) is 4.74 Å². The van der Waals surface area contributed by atoms with Crippen molar-refractivity contribution in [2.45, 2.75) is 43.1 Å². The second kappa shape index (κ2) is 13.0. The van der Waals surface area contributed by atoms with Crippen LogP contribution in [0.3, 0.4) is 0 Å². The van der Waals surface area contributed by atoms with Gasteiger partial charge in [-0.1, -0.05) is 0 Å². The Labute approximate surface area is 216 Å². The number of aliphatic hydroxyl groups is 1. The zero-order valence-electron chi connectivity index (χ0n) is 20.8. The van der Waals surface area contributed by atoms with Crippen LogP contribution in [0, 0.1) is 11.8 Å². The van der Waals surface area contributed by atoms with Crippen molar-refractivity contribution in [2.75, 3.05) is 32.5 Å². The lowest BCUT2D eigenvalue weighted by Crippen LogP contribution is -2.42. The van der Waals surface area contributed by atoms with Gasteiger partial charge in [-0.2, -0.15) is 0 Å². The molecule has 0 aliphatic carbocycles. The Kier molecular flexibility index (Phi) is 9.55. The van der Waals surface area contributed by atoms with Crippen LogP contribution >= 0.6 is 11.8 Å². The third-order valence-electron chi connectivity index (χ3n) is 7.09. The molecule has 1 aromatic carbocycles. The van der Waals surface area contributed by atoms with Crippen LogP contribution in [0.25, 0.3) is 10.9 Å². The normalized spacial score (nSPS) is 19.3. The highest BCUT2D eigenvalue weighted by Gasteiger charge is 2.31. The minimum Gasteiger partial charge on any atom is -0.497 e. The third-order valence-corrected chi connectivity index (χ3v) is 8.15. The second-order valence-electron chi connectivity index (χ2n) is 9.47. The van der Waals surface area contributed by atoms with E-state index in [1.165, 1.54) is 4.90 Å². The van der Waals surface area contributed by atoms with Gasteiger partial charge in [-0.05, 0) is 98.3 Å². The van der Waals surface area contributed by atoms with Crippen molar-refractivity contribution in [1.82, 2.24) is 14.9 Å². The van der Waals surface area contributed by atoms with Crippen LogP contribution < -0.4 is 4.74 Å². The molecule has 1 aliphatic heterocycles. The number of thioether (sulfide) groups is 1. The Morgan fingerprint density at radius 2 is 2.14 bits per heavy atom. The van der Waals surface area contributed by atoms with Crippen LogP contribution in [0.1, 0.15) is 43.8 Å². The average Bonchev–Trinajstić information content (AvgIpc) is 2.90. The molecule has 192 valence electrons. The molecule has 0 saturated carbocycles. The van der Waals surface area contributed by atoms with Crippen LogP contribution in [0.5, 0.6) is 5.75 Å². The number of rotatable bonds is 12. The summed E-state index contributed by atoms with van der Waals surface area (Å²) in [6.45, 7) is 2.76. The van der Waals surface area contributed by atoms with Gasteiger partial charge in [0.05, 0.1) is 18.7 Å². The van der Waals surface area contributed by atoms with Crippen LogP contribution in [0.2, 0.25) is 0 Å². The first-order valence-electron chi connectivity index (χ1n) is 12.6. The Hall–Kier alpha value is -2.68. The number of carboxylic acid groups (broad SMARTS) is 1. The summed E-state index contributed by atoms with van der Waals surface area (Å²) in [6, 6.07) is 11.6. The second-order valence-corrected chi connectivity index (χ2v) is 10.6. The molecule has 2 aromatic heterocycles. The number of aromatic nitrogens is 2. The number of hydrogen-bond acceptors (Lipinski definition) is 7. The highest BCUT2D eigenvalue weighted by Crippen LogP contribution is 2.35. The summed E-state index contributed by atoms with van der Waals surface area (Å²) < 4.78 is 5.36. The lowest BCUT2D eigenvalue weighted by Gasteiger charge is -2.38. The molecule has 7 nitrogen and oxygen atoms in total. The molecule has 3 heterocycles. The van der Waals surface area contributed by atoms with Crippen molar-refractivity contribution < 1.29 is 19.7 Å². The highest BCUT2D eigenvalue weighted by molar-refractivity contribution is 7.99. The van der Waals surface area contributed by atoms with Crippen LogP contribution in [0.4, 0.5) is 0 Å². The number of pyridine rings is 2. The van der Waals surface area contributed by atoms with E-state index in [-0.39, 0.29) is 12.3 Å². The number of fused-ring (bicyclic) bond motifs is 1. The summed E-state index contributed by atoms with van der Waals surface area (Å²) in [5.74, 6) is 1.40. The maximum Gasteiger partial charge on any atom is 0.303 e. The maximum atomic E-state index is 11.6. The predicted octanol–water partition coefficient (Wildman–Crippen LogP) is 5.05. The number of methoxy groups -OCH3 is 1. The summed E-state index contributed by atoms with van der Waals surface area (Å²) in [7, 11) is 1.63. The predicted molar refractivity (Wildman–Crippen MR) is 142 cm³/mol. The number of piperidine rings is 1. The molecule has 3 atom stereocenters. The van der Waals surface area contributed by atoms with E-state index in [0.717, 1.165) is 66.9 Å². The smallest absolute Gasteiger partial charge is 0.303 e. The van der Waals surface area contributed by atoms with Crippen LogP contribution in [0.15, 0.2) is 59.9 Å². The molecule has 2 N–H and O–H groups in total. The molecule has 0 spiro atoms. The Morgan fingerprint density at radius 3 is 2.92 bits per heavy atom. The first-order valence-corrected chi connectivity index (χ1v) is 13.6. The van der Waals surface area contributed by atoms with Crippen molar-refractivity contribution in [3.05, 3.63) is 60.6 Å². The van der Waals surface area contributed by atoms with Crippen molar-refractivity contribution >= 4 is 28.6 Å². The molecular weight excluding hydrogens is 474 g/mol. The minimum absolute atomic E-state index is 0.101. The zero-order valence-corrected chi connectivity index (χ0v) is 21.6. The van der Waals surface area contributed by atoms with Gasteiger partial charge in [-0.15, -0.1) is 11.8 Å². The van der Waals surface area contributed by atoms with Gasteiger partial charge in [-0.3, -0.25) is 14.8 Å². The van der Waals surface area contributed by atoms with E-state index in [9.17, 15) is 15.0 Å². The summed E-state index contributed by atoms with van der Waals surface area (Å²) in [4.78, 5) is 23.8. The standard InChI is InChI=1S/C28H35N3O4S/c1-35-22-6-7-26-25(17-22)24(9-12-30-26)27(32)8-5-20-10-14-31(19-21(20)16-28(33)34)13-3-15-36-23-4-2-11-29-18-23/h2,4,6-7,9,11-12,17-18,20-21,27,32H,3,5,8,10,13-16,19H2,1H3,(H,33,34)/t20-,21+,27+/m1/s1. The lowest BCUT2D eigenvalue weighted by atomic mass is 9.79. The number of benzene rings is 1. The molecule has 0 unspecified atom stereocenters. The third kappa shape index (κ3) is 7.18. The summed E-state index contributed by atoms with van der Waals surface area (Å²) in [5, 5.41) is 21.5. The van der Waals surface area contributed by atoms with Crippen LogP contribution in [-0.2, 0) is 4.79 Å². The van der Waals surface area contributed by atoms with Crippen molar-refractivity contribution in [3.63, 3.8) is 0 Å². The number of nitrogens with zero attached hydrogens (tertiary/aromatic N) is 3. The minimum atomic E-state index is -0.744. The molecule has 3 aromatic rings. The topological polar surface area (TPSA) is 95.8 Å². The zero-order chi connectivity index (χ0) is 25.3. The van der Waals surface area contributed by atoms with E-state index in [0.29, 0.717) is 12.3 Å². The fraction of sp³-hybridized carbons (Fsp3) is 0.464. The Balaban J connectivity index is 1.31. The monoisotopic (exact) mass is 509 g/mol. The number of hydrogen-bond donors (Lipinski definition) is 2. The van der Waals surface area contributed by atoms with Gasteiger partial charge >= 0.3 is 5.97 Å². The molecule has 1 fully saturated rings. The van der Waals surface area contributed by atoms with Crippen LogP contribution in [-0.4, -0.2) is 63.5 Å². The summed E-state index contributed by atoms with van der Waals surface area (Å²) in [6.07, 6.45) is 8.37. The number of carboxylic acids is 1. The number of likely N-dealkylation sites (tertiary alicyclic amines) is 1. The van der Waals surface area contributed by atoms with Crippen molar-refractivity contribution in [3.8, 4) is 5.75 Å². The fourth-order valence-corrected chi connectivity index (χ4v) is 6.02. The van der Waals surface area contributed by atoms with Gasteiger partial charge in [0.1, 0.15) is 5.75 Å². The number of carbonyl (C=O) groups is 1. The SMILES string of the molecule is COc1ccc2nccc([C@@H](O)CC[C@@H]3CCN(CCCSc4cccnc4)C[C@@H]3CC(=O)O)c2c1. The maximum absolute atomic E-state index is 11.6. The van der Waals surface area contributed by atoms with Gasteiger partial charge in [0, 0.05) is 41.8 Å². The molecule has 36 heavy (non-hydrogen) atoms. The Morgan fingerprint density at radius 1 is 1.25 bits per heavy atom. The van der Waals surface area contributed by atoms with E-state index in [1.807, 2.05) is 48.3 Å². The first-order chi connectivity index (χ1) is 17.5. The molecule has 0 amide bonds. The van der Waals surface area contributed by atoms with Crippen molar-refractivity contribution in [1.29, 1.82) is 0 Å². The van der Waals surface area contributed by atoms with E-state index >= 15 is 0 Å². The molecule has 0 radical (unpaired) electrons. The quantitative estimate of drug-likeness (QED) is 0.259. The largest absolute Gasteiger partial charge is 0.497 e. The molecule has 4 rings (SSSR count). The van der Waals surface area contributed by atoms with Gasteiger partial charge in [-0.25, -0.2) is 0 Å². The van der Waals surface area contributed by atoms with Crippen molar-refractivity contribution in [2.24, 2.45) is 11.8 Å². The highest BCUT2D eigenvalue weighted by atomic mass is 32.2. The molecule has 1 saturated heterocycles. The number of aliphatic hydroxyl groups excluding tert-OH is 1. The first kappa shape index (κ1) is 26.4. The summed E-state index contributed by atoms with van der Waals surface area (Å²) in [5.41, 5.74) is 1.67. The van der Waals surface area contributed by atoms with Gasteiger partial charge < -0.3 is 19.8 Å². The lowest BCUT2D eigenvalue weighted by molar-refractivity contribution is -0.139. The summed E-state index contributed by atoms with van der Waals surface area (Å²) >= 11 is 1.81. The Bertz CT molecular complexity index is 1130. The van der Waals surface area contributed by atoms with Gasteiger partial charge in [0.2, 0.25) is 0 Å².